The van der Waals surface area contributed by atoms with E-state index >= 15 is 0 Å². The normalized spacial score (nSPS) is 11.2. The second-order valence-electron chi connectivity index (χ2n) is 5.21. The van der Waals surface area contributed by atoms with Crippen LogP contribution >= 0.6 is 11.3 Å². The van der Waals surface area contributed by atoms with E-state index in [9.17, 15) is 9.50 Å². The molecule has 4 aromatic rings. The van der Waals surface area contributed by atoms with Crippen molar-refractivity contribution in [2.45, 2.75) is 6.61 Å². The van der Waals surface area contributed by atoms with Crippen molar-refractivity contribution >= 4 is 17.0 Å². The molecule has 0 radical (unpaired) electrons. The third kappa shape index (κ3) is 2.44. The van der Waals surface area contributed by atoms with Gasteiger partial charge in [-0.1, -0.05) is 18.2 Å². The fourth-order valence-corrected chi connectivity index (χ4v) is 3.36. The van der Waals surface area contributed by atoms with Gasteiger partial charge in [-0.25, -0.2) is 9.37 Å². The zero-order valence-electron chi connectivity index (χ0n) is 12.1. The van der Waals surface area contributed by atoms with E-state index in [2.05, 4.69) is 4.98 Å². The van der Waals surface area contributed by atoms with Gasteiger partial charge in [-0.15, -0.1) is 11.3 Å². The van der Waals surface area contributed by atoms with Crippen molar-refractivity contribution in [2.75, 3.05) is 0 Å². The maximum Gasteiger partial charge on any atom is 0.137 e. The third-order valence-electron chi connectivity index (χ3n) is 3.81. The van der Waals surface area contributed by atoms with E-state index in [4.69, 9.17) is 0 Å². The van der Waals surface area contributed by atoms with Gasteiger partial charge in [-0.05, 0) is 40.8 Å². The zero-order chi connectivity index (χ0) is 15.8. The van der Waals surface area contributed by atoms with Crippen molar-refractivity contribution in [1.29, 1.82) is 0 Å². The average Bonchev–Trinajstić information content (AvgIpc) is 3.22. The highest BCUT2D eigenvalue weighted by Gasteiger charge is 2.11. The molecule has 5 heteroatoms. The van der Waals surface area contributed by atoms with Crippen LogP contribution in [0.2, 0.25) is 0 Å². The molecule has 0 saturated heterocycles. The number of aliphatic hydroxyl groups is 1. The molecule has 0 unspecified atom stereocenters. The van der Waals surface area contributed by atoms with Crippen LogP contribution in [-0.2, 0) is 6.61 Å². The number of pyridine rings is 1. The molecule has 0 spiro atoms. The molecule has 0 saturated carbocycles. The Bertz CT molecular complexity index is 976. The minimum atomic E-state index is -0.394. The van der Waals surface area contributed by atoms with E-state index in [0.717, 1.165) is 21.8 Å². The summed E-state index contributed by atoms with van der Waals surface area (Å²) in [6.07, 6.45) is 3.87. The van der Waals surface area contributed by atoms with Gasteiger partial charge in [0.05, 0.1) is 17.2 Å². The molecule has 0 aliphatic heterocycles. The Balaban J connectivity index is 1.85. The molecule has 0 fully saturated rings. The quantitative estimate of drug-likeness (QED) is 0.608. The van der Waals surface area contributed by atoms with Crippen LogP contribution < -0.4 is 0 Å². The molecular weight excluding hydrogens is 311 g/mol. The monoisotopic (exact) mass is 324 g/mol. The first-order valence-electron chi connectivity index (χ1n) is 7.17. The van der Waals surface area contributed by atoms with E-state index in [0.29, 0.717) is 11.1 Å². The molecule has 0 bridgehead atoms. The van der Waals surface area contributed by atoms with Crippen molar-refractivity contribution < 1.29 is 9.50 Å². The Labute approximate surface area is 136 Å². The van der Waals surface area contributed by atoms with E-state index in [1.807, 2.05) is 52.5 Å². The SMILES string of the molecule is OCc1c(F)cccc1-c1ccc2nc(-c3cccs3)cn2c1. The molecule has 4 rings (SSSR count). The van der Waals surface area contributed by atoms with Gasteiger partial charge >= 0.3 is 0 Å². The van der Waals surface area contributed by atoms with Gasteiger partial charge in [0.25, 0.3) is 0 Å². The van der Waals surface area contributed by atoms with Crippen molar-refractivity contribution in [2.24, 2.45) is 0 Å². The minimum absolute atomic E-state index is 0.311. The predicted octanol–water partition coefficient (Wildman–Crippen LogP) is 4.36. The largest absolute Gasteiger partial charge is 0.392 e. The van der Waals surface area contributed by atoms with Crippen LogP contribution in [0.5, 0.6) is 0 Å². The molecule has 0 amide bonds. The van der Waals surface area contributed by atoms with Crippen LogP contribution in [0.15, 0.2) is 60.2 Å². The van der Waals surface area contributed by atoms with Crippen molar-refractivity contribution in [1.82, 2.24) is 9.38 Å². The summed E-state index contributed by atoms with van der Waals surface area (Å²) in [6.45, 7) is -0.329. The van der Waals surface area contributed by atoms with Crippen LogP contribution in [-0.4, -0.2) is 14.5 Å². The Morgan fingerprint density at radius 1 is 1.09 bits per heavy atom. The zero-order valence-corrected chi connectivity index (χ0v) is 12.9. The van der Waals surface area contributed by atoms with Crippen LogP contribution in [0.25, 0.3) is 27.3 Å². The van der Waals surface area contributed by atoms with Crippen LogP contribution in [0, 0.1) is 5.82 Å². The number of hydrogen-bond donors (Lipinski definition) is 1. The van der Waals surface area contributed by atoms with Crippen LogP contribution in [0.1, 0.15) is 5.56 Å². The summed E-state index contributed by atoms with van der Waals surface area (Å²) in [7, 11) is 0. The van der Waals surface area contributed by atoms with E-state index < -0.39 is 5.82 Å². The van der Waals surface area contributed by atoms with Gasteiger partial charge in [-0.3, -0.25) is 0 Å². The number of fused-ring (bicyclic) bond motifs is 1. The Morgan fingerprint density at radius 3 is 2.78 bits per heavy atom. The smallest absolute Gasteiger partial charge is 0.137 e. The van der Waals surface area contributed by atoms with Gasteiger partial charge < -0.3 is 9.51 Å². The number of thiophene rings is 1. The molecule has 3 nitrogen and oxygen atoms in total. The van der Waals surface area contributed by atoms with Gasteiger partial charge in [0, 0.05) is 18.0 Å². The molecule has 114 valence electrons. The summed E-state index contributed by atoms with van der Waals surface area (Å²) in [5.41, 5.74) is 3.60. The summed E-state index contributed by atoms with van der Waals surface area (Å²) in [6, 6.07) is 12.7. The number of rotatable bonds is 3. The summed E-state index contributed by atoms with van der Waals surface area (Å²) < 4.78 is 15.8. The lowest BCUT2D eigenvalue weighted by atomic mass is 10.0. The molecule has 0 aliphatic carbocycles. The lowest BCUT2D eigenvalue weighted by Gasteiger charge is -2.09. The fraction of sp³-hybridized carbons (Fsp3) is 0.0556. The molecular formula is C18H13FN2OS. The third-order valence-corrected chi connectivity index (χ3v) is 4.71. The van der Waals surface area contributed by atoms with E-state index in [1.165, 1.54) is 6.07 Å². The van der Waals surface area contributed by atoms with Crippen molar-refractivity contribution in [3.63, 3.8) is 0 Å². The molecule has 1 N–H and O–H groups in total. The highest BCUT2D eigenvalue weighted by Crippen LogP contribution is 2.28. The van der Waals surface area contributed by atoms with Crippen LogP contribution in [0.3, 0.4) is 0 Å². The maximum absolute atomic E-state index is 13.9. The molecule has 3 aromatic heterocycles. The highest BCUT2D eigenvalue weighted by molar-refractivity contribution is 7.13. The van der Waals surface area contributed by atoms with Crippen molar-refractivity contribution in [3.8, 4) is 21.7 Å². The first-order valence-corrected chi connectivity index (χ1v) is 8.05. The second-order valence-corrected chi connectivity index (χ2v) is 6.16. The number of benzene rings is 1. The summed E-state index contributed by atoms with van der Waals surface area (Å²) in [4.78, 5) is 5.71. The number of hydrogen-bond acceptors (Lipinski definition) is 3. The Kier molecular flexibility index (Phi) is 3.44. The van der Waals surface area contributed by atoms with E-state index in [1.54, 1.807) is 17.4 Å². The van der Waals surface area contributed by atoms with E-state index in [-0.39, 0.29) is 6.61 Å². The first kappa shape index (κ1) is 14.1. The number of halogens is 1. The lowest BCUT2D eigenvalue weighted by molar-refractivity contribution is 0.276. The van der Waals surface area contributed by atoms with Gasteiger partial charge in [0.1, 0.15) is 11.5 Å². The van der Waals surface area contributed by atoms with Crippen molar-refractivity contribution in [3.05, 3.63) is 71.6 Å². The molecule has 1 aromatic carbocycles. The van der Waals surface area contributed by atoms with Gasteiger partial charge in [0.2, 0.25) is 0 Å². The van der Waals surface area contributed by atoms with Gasteiger partial charge in [0.15, 0.2) is 0 Å². The lowest BCUT2D eigenvalue weighted by Crippen LogP contribution is -1.95. The maximum atomic E-state index is 13.9. The minimum Gasteiger partial charge on any atom is -0.392 e. The summed E-state index contributed by atoms with van der Waals surface area (Å²) in [5.74, 6) is -0.394. The number of imidazole rings is 1. The first-order chi connectivity index (χ1) is 11.3. The molecule has 3 heterocycles. The molecule has 23 heavy (non-hydrogen) atoms. The second kappa shape index (κ2) is 5.61. The Hall–Kier alpha value is -2.50. The average molecular weight is 324 g/mol. The predicted molar refractivity (Wildman–Crippen MR) is 89.8 cm³/mol. The topological polar surface area (TPSA) is 37.5 Å². The number of aliphatic hydroxyl groups excluding tert-OH is 1. The standard InChI is InChI=1S/C18H13FN2OS/c19-15-4-1-3-13(14(15)11-22)12-6-7-18-20-16(10-21(18)9-12)17-5-2-8-23-17/h1-10,22H,11H2. The summed E-state index contributed by atoms with van der Waals surface area (Å²) >= 11 is 1.64. The molecule has 0 atom stereocenters. The molecule has 0 aliphatic rings. The van der Waals surface area contributed by atoms with Gasteiger partial charge in [-0.2, -0.15) is 0 Å². The van der Waals surface area contributed by atoms with Crippen LogP contribution in [0.4, 0.5) is 4.39 Å². The highest BCUT2D eigenvalue weighted by atomic mass is 32.1. The summed E-state index contributed by atoms with van der Waals surface area (Å²) in [5, 5.41) is 11.5. The fourth-order valence-electron chi connectivity index (χ4n) is 2.68. The Morgan fingerprint density at radius 2 is 2.00 bits per heavy atom. The number of aromatic nitrogens is 2. The number of nitrogens with zero attached hydrogens (tertiary/aromatic N) is 2.